The minimum absolute atomic E-state index is 0.0285. The van der Waals surface area contributed by atoms with E-state index in [4.69, 9.17) is 9.84 Å². The van der Waals surface area contributed by atoms with Gasteiger partial charge in [-0.25, -0.2) is 0 Å². The summed E-state index contributed by atoms with van der Waals surface area (Å²) in [5, 5.41) is 11.4. The van der Waals surface area contributed by atoms with Crippen molar-refractivity contribution >= 4 is 11.9 Å². The molecule has 0 aromatic rings. The molecule has 0 bridgehead atoms. The van der Waals surface area contributed by atoms with E-state index in [-0.39, 0.29) is 24.7 Å². The van der Waals surface area contributed by atoms with Gasteiger partial charge >= 0.3 is 5.97 Å². The molecular weight excluding hydrogens is 210 g/mol. The molecule has 0 saturated heterocycles. The van der Waals surface area contributed by atoms with Gasteiger partial charge in [-0.05, 0) is 25.7 Å². The Morgan fingerprint density at radius 1 is 1.31 bits per heavy atom. The molecule has 0 heterocycles. The Hall–Kier alpha value is -1.10. The van der Waals surface area contributed by atoms with Crippen molar-refractivity contribution in [1.29, 1.82) is 0 Å². The van der Waals surface area contributed by atoms with Crippen LogP contribution in [0.1, 0.15) is 39.0 Å². The Kier molecular flexibility index (Phi) is 5.25. The third-order valence-electron chi connectivity index (χ3n) is 2.93. The molecule has 1 aliphatic rings. The van der Waals surface area contributed by atoms with Gasteiger partial charge < -0.3 is 15.2 Å². The van der Waals surface area contributed by atoms with Crippen molar-refractivity contribution in [1.82, 2.24) is 5.32 Å². The van der Waals surface area contributed by atoms with Crippen LogP contribution < -0.4 is 5.32 Å². The van der Waals surface area contributed by atoms with Gasteiger partial charge in [-0.3, -0.25) is 9.59 Å². The molecule has 0 spiro atoms. The quantitative estimate of drug-likeness (QED) is 0.693. The molecule has 1 fully saturated rings. The number of nitrogens with one attached hydrogen (secondary N) is 1. The average Bonchev–Trinajstić information content (AvgIpc) is 2.29. The molecule has 0 atom stereocenters. The summed E-state index contributed by atoms with van der Waals surface area (Å²) >= 11 is 0. The van der Waals surface area contributed by atoms with Gasteiger partial charge in [0.05, 0.1) is 12.0 Å². The van der Waals surface area contributed by atoms with Crippen LogP contribution in [0.4, 0.5) is 0 Å². The van der Waals surface area contributed by atoms with Crippen LogP contribution in [0.25, 0.3) is 0 Å². The fourth-order valence-electron chi connectivity index (χ4n) is 1.84. The predicted octanol–water partition coefficient (Wildman–Crippen LogP) is 1.13. The first-order chi connectivity index (χ1) is 7.63. The highest BCUT2D eigenvalue weighted by atomic mass is 16.5. The number of ether oxygens (including phenoxy) is 1. The maximum absolute atomic E-state index is 10.9. The van der Waals surface area contributed by atoms with E-state index >= 15 is 0 Å². The maximum Gasteiger partial charge on any atom is 0.306 e. The number of rotatable bonds is 5. The number of aliphatic carboxylic acids is 1. The van der Waals surface area contributed by atoms with Gasteiger partial charge in [0.1, 0.15) is 6.73 Å². The molecule has 0 aliphatic heterocycles. The lowest BCUT2D eigenvalue weighted by atomic mass is 9.87. The number of carboxylic acid groups (broad SMARTS) is 1. The molecule has 1 amide bonds. The number of amides is 1. The number of carboxylic acids is 1. The van der Waals surface area contributed by atoms with E-state index in [1.807, 2.05) is 0 Å². The monoisotopic (exact) mass is 229 g/mol. The van der Waals surface area contributed by atoms with Crippen molar-refractivity contribution in [2.75, 3.05) is 6.73 Å². The molecule has 0 aromatic heterocycles. The normalized spacial score (nSPS) is 25.1. The van der Waals surface area contributed by atoms with Crippen molar-refractivity contribution < 1.29 is 19.4 Å². The molecule has 5 nitrogen and oxygen atoms in total. The van der Waals surface area contributed by atoms with Crippen LogP contribution in [0.5, 0.6) is 0 Å². The van der Waals surface area contributed by atoms with Crippen molar-refractivity contribution in [3.8, 4) is 0 Å². The van der Waals surface area contributed by atoms with Gasteiger partial charge in [-0.2, -0.15) is 0 Å². The molecule has 16 heavy (non-hydrogen) atoms. The zero-order chi connectivity index (χ0) is 12.0. The summed E-state index contributed by atoms with van der Waals surface area (Å²) in [6, 6.07) is 0. The first-order valence-electron chi connectivity index (χ1n) is 5.74. The van der Waals surface area contributed by atoms with E-state index in [2.05, 4.69) is 5.32 Å². The molecule has 0 radical (unpaired) electrons. The molecule has 92 valence electrons. The standard InChI is InChI=1S/C11H19NO4/c1-2-10(13)12-7-16-9-5-3-8(4-6-9)11(14)15/h8-9H,2-7H2,1H3,(H,12,13)(H,14,15)/t8-,9+. The van der Waals surface area contributed by atoms with Crippen LogP contribution in [-0.4, -0.2) is 29.8 Å². The lowest BCUT2D eigenvalue weighted by molar-refractivity contribution is -0.143. The van der Waals surface area contributed by atoms with E-state index in [0.717, 1.165) is 12.8 Å². The van der Waals surface area contributed by atoms with Crippen LogP contribution >= 0.6 is 0 Å². The molecule has 1 saturated carbocycles. The summed E-state index contributed by atoms with van der Waals surface area (Å²) in [5.74, 6) is -0.956. The summed E-state index contributed by atoms with van der Waals surface area (Å²) in [4.78, 5) is 21.6. The lowest BCUT2D eigenvalue weighted by Gasteiger charge is -2.26. The van der Waals surface area contributed by atoms with Crippen molar-refractivity contribution in [2.24, 2.45) is 5.92 Å². The molecular formula is C11H19NO4. The first-order valence-corrected chi connectivity index (χ1v) is 5.74. The van der Waals surface area contributed by atoms with Gasteiger partial charge in [0.15, 0.2) is 0 Å². The number of carbonyl (C=O) groups excluding carboxylic acids is 1. The fraction of sp³-hybridized carbons (Fsp3) is 0.818. The maximum atomic E-state index is 10.9. The van der Waals surface area contributed by atoms with Gasteiger partial charge in [0.2, 0.25) is 5.91 Å². The number of hydrogen-bond acceptors (Lipinski definition) is 3. The Bertz CT molecular complexity index is 246. The Morgan fingerprint density at radius 3 is 2.44 bits per heavy atom. The van der Waals surface area contributed by atoms with E-state index in [1.54, 1.807) is 6.92 Å². The topological polar surface area (TPSA) is 75.6 Å². The fourth-order valence-corrected chi connectivity index (χ4v) is 1.84. The lowest BCUT2D eigenvalue weighted by Crippen LogP contribution is -2.31. The Labute approximate surface area is 95.2 Å². The summed E-state index contributed by atoms with van der Waals surface area (Å²) in [6.07, 6.45) is 3.41. The van der Waals surface area contributed by atoms with E-state index in [1.165, 1.54) is 0 Å². The second-order valence-electron chi connectivity index (χ2n) is 4.08. The number of hydrogen-bond donors (Lipinski definition) is 2. The second-order valence-corrected chi connectivity index (χ2v) is 4.08. The molecule has 2 N–H and O–H groups in total. The average molecular weight is 229 g/mol. The predicted molar refractivity (Wildman–Crippen MR) is 57.8 cm³/mol. The summed E-state index contributed by atoms with van der Waals surface area (Å²) in [5.41, 5.74) is 0. The van der Waals surface area contributed by atoms with Gasteiger partial charge in [0.25, 0.3) is 0 Å². The highest BCUT2D eigenvalue weighted by Crippen LogP contribution is 2.25. The Balaban J connectivity index is 2.13. The van der Waals surface area contributed by atoms with E-state index < -0.39 is 5.97 Å². The van der Waals surface area contributed by atoms with Crippen LogP contribution in [0.2, 0.25) is 0 Å². The highest BCUT2D eigenvalue weighted by molar-refractivity contribution is 5.75. The molecule has 0 aromatic carbocycles. The van der Waals surface area contributed by atoms with Crippen LogP contribution in [0.15, 0.2) is 0 Å². The zero-order valence-electron chi connectivity index (χ0n) is 9.57. The number of carbonyl (C=O) groups is 2. The van der Waals surface area contributed by atoms with Gasteiger partial charge in [-0.15, -0.1) is 0 Å². The van der Waals surface area contributed by atoms with Crippen molar-refractivity contribution in [3.05, 3.63) is 0 Å². The van der Waals surface area contributed by atoms with Crippen LogP contribution in [0, 0.1) is 5.92 Å². The molecule has 1 aliphatic carbocycles. The van der Waals surface area contributed by atoms with E-state index in [0.29, 0.717) is 19.3 Å². The zero-order valence-corrected chi connectivity index (χ0v) is 9.57. The van der Waals surface area contributed by atoms with E-state index in [9.17, 15) is 9.59 Å². The smallest absolute Gasteiger partial charge is 0.306 e. The third-order valence-corrected chi connectivity index (χ3v) is 2.93. The largest absolute Gasteiger partial charge is 0.481 e. The molecule has 1 rings (SSSR count). The van der Waals surface area contributed by atoms with Crippen LogP contribution in [0.3, 0.4) is 0 Å². The van der Waals surface area contributed by atoms with Crippen molar-refractivity contribution in [2.45, 2.75) is 45.1 Å². The molecule has 5 heteroatoms. The second kappa shape index (κ2) is 6.48. The summed E-state index contributed by atoms with van der Waals surface area (Å²) in [7, 11) is 0. The SMILES string of the molecule is CCC(=O)NCO[C@H]1CC[C@@H](C(=O)O)CC1. The minimum atomic E-state index is -0.710. The third kappa shape index (κ3) is 4.18. The first kappa shape index (κ1) is 13.0. The summed E-state index contributed by atoms with van der Waals surface area (Å²) < 4.78 is 5.46. The van der Waals surface area contributed by atoms with Crippen molar-refractivity contribution in [3.63, 3.8) is 0 Å². The highest BCUT2D eigenvalue weighted by Gasteiger charge is 2.26. The molecule has 0 unspecified atom stereocenters. The Morgan fingerprint density at radius 2 is 1.94 bits per heavy atom. The van der Waals surface area contributed by atoms with Crippen LogP contribution in [-0.2, 0) is 14.3 Å². The minimum Gasteiger partial charge on any atom is -0.481 e. The van der Waals surface area contributed by atoms with Gasteiger partial charge in [-0.1, -0.05) is 6.92 Å². The van der Waals surface area contributed by atoms with Gasteiger partial charge in [0, 0.05) is 6.42 Å². The summed E-state index contributed by atoms with van der Waals surface area (Å²) in [6.45, 7) is 2.02.